The molecule has 1 aliphatic rings. The third kappa shape index (κ3) is 5.22. The molecule has 0 aliphatic heterocycles. The van der Waals surface area contributed by atoms with Crippen LogP contribution in [0.4, 0.5) is 5.69 Å². The summed E-state index contributed by atoms with van der Waals surface area (Å²) in [6.45, 7) is 2.00. The maximum absolute atomic E-state index is 12.2. The van der Waals surface area contributed by atoms with E-state index in [1.54, 1.807) is 24.3 Å². The van der Waals surface area contributed by atoms with Crippen molar-refractivity contribution in [2.75, 3.05) is 5.32 Å². The van der Waals surface area contributed by atoms with E-state index in [0.29, 0.717) is 6.10 Å². The number of hydrogen-bond donors (Lipinski definition) is 2. The van der Waals surface area contributed by atoms with Gasteiger partial charge in [-0.1, -0.05) is 24.6 Å². The molecule has 2 N–H and O–H groups in total. The topological polar surface area (TPSA) is 75.6 Å². The average Bonchev–Trinajstić information content (AvgIpc) is 2.69. The lowest BCUT2D eigenvalue weighted by molar-refractivity contribution is -0.111. The molecule has 0 atom stereocenters. The van der Waals surface area contributed by atoms with E-state index in [0.717, 1.165) is 29.7 Å². The van der Waals surface area contributed by atoms with Gasteiger partial charge in [0.25, 0.3) is 0 Å². The zero-order valence-electron chi connectivity index (χ0n) is 16.0. The zero-order chi connectivity index (χ0) is 19.9. The minimum Gasteiger partial charge on any atom is -0.490 e. The highest BCUT2D eigenvalue weighted by molar-refractivity contribution is 6.06. The van der Waals surface area contributed by atoms with Crippen LogP contribution in [0.2, 0.25) is 0 Å². The Morgan fingerprint density at radius 3 is 2.57 bits per heavy atom. The van der Waals surface area contributed by atoms with Crippen molar-refractivity contribution < 1.29 is 19.4 Å². The third-order valence-corrected chi connectivity index (χ3v) is 4.89. The van der Waals surface area contributed by atoms with Gasteiger partial charge in [0.2, 0.25) is 5.91 Å². The Bertz CT molecular complexity index is 882. The highest BCUT2D eigenvalue weighted by Crippen LogP contribution is 2.26. The van der Waals surface area contributed by atoms with Gasteiger partial charge in [0.05, 0.1) is 17.4 Å². The van der Waals surface area contributed by atoms with Gasteiger partial charge in [-0.2, -0.15) is 0 Å². The zero-order valence-corrected chi connectivity index (χ0v) is 16.0. The molecule has 0 heterocycles. The summed E-state index contributed by atoms with van der Waals surface area (Å²) in [6.07, 6.45) is 9.37. The average molecular weight is 379 g/mol. The van der Waals surface area contributed by atoms with Crippen LogP contribution >= 0.6 is 0 Å². The third-order valence-electron chi connectivity index (χ3n) is 4.89. The minimum atomic E-state index is -1.08. The maximum Gasteiger partial charge on any atom is 0.337 e. The number of ether oxygens (including phenoxy) is 1. The number of carbonyl (C=O) groups is 2. The molecule has 2 aromatic carbocycles. The molecule has 1 aliphatic carbocycles. The molecule has 1 amide bonds. The number of hydrogen-bond acceptors (Lipinski definition) is 3. The second-order valence-corrected chi connectivity index (χ2v) is 7.08. The van der Waals surface area contributed by atoms with E-state index in [4.69, 9.17) is 4.74 Å². The molecule has 2 aromatic rings. The number of amides is 1. The van der Waals surface area contributed by atoms with Crippen molar-refractivity contribution in [1.82, 2.24) is 0 Å². The first-order valence-electron chi connectivity index (χ1n) is 9.61. The van der Waals surface area contributed by atoms with Crippen molar-refractivity contribution in [1.29, 1.82) is 0 Å². The van der Waals surface area contributed by atoms with Gasteiger partial charge in [0, 0.05) is 6.08 Å². The number of benzene rings is 2. The molecular formula is C23H25NO4. The molecule has 0 radical (unpaired) electrons. The lowest BCUT2D eigenvalue weighted by Gasteiger charge is -2.24. The normalized spacial score (nSPS) is 14.8. The molecule has 0 saturated heterocycles. The minimum absolute atomic E-state index is 0.0595. The van der Waals surface area contributed by atoms with Crippen LogP contribution in [0.25, 0.3) is 6.08 Å². The van der Waals surface area contributed by atoms with Crippen LogP contribution in [0.1, 0.15) is 53.6 Å². The Morgan fingerprint density at radius 1 is 1.11 bits per heavy atom. The van der Waals surface area contributed by atoms with Crippen molar-refractivity contribution >= 4 is 23.6 Å². The molecule has 3 rings (SSSR count). The molecule has 1 saturated carbocycles. The Morgan fingerprint density at radius 2 is 1.86 bits per heavy atom. The first-order chi connectivity index (χ1) is 13.5. The van der Waals surface area contributed by atoms with Crippen molar-refractivity contribution in [3.05, 3.63) is 65.2 Å². The Labute approximate surface area is 165 Å². The molecular weight excluding hydrogens is 354 g/mol. The van der Waals surface area contributed by atoms with Crippen LogP contribution < -0.4 is 10.1 Å². The molecule has 28 heavy (non-hydrogen) atoms. The van der Waals surface area contributed by atoms with E-state index in [1.165, 1.54) is 31.4 Å². The van der Waals surface area contributed by atoms with Gasteiger partial charge in [-0.05, 0) is 74.1 Å². The number of carboxylic acids is 1. The Hall–Kier alpha value is -3.08. The quantitative estimate of drug-likeness (QED) is 0.688. The molecule has 5 nitrogen and oxygen atoms in total. The number of nitrogens with one attached hydrogen (secondary N) is 1. The molecule has 0 bridgehead atoms. The van der Waals surface area contributed by atoms with Gasteiger partial charge in [-0.3, -0.25) is 4.79 Å². The lowest BCUT2D eigenvalue weighted by Crippen LogP contribution is -2.19. The predicted octanol–water partition coefficient (Wildman–Crippen LogP) is 5.06. The number of aryl methyl sites for hydroxylation is 1. The van der Waals surface area contributed by atoms with Crippen molar-refractivity contribution in [2.45, 2.75) is 45.1 Å². The number of carboxylic acid groups (broad SMARTS) is 1. The Kier molecular flexibility index (Phi) is 6.48. The molecule has 1 fully saturated rings. The summed E-state index contributed by atoms with van der Waals surface area (Å²) in [6, 6.07) is 12.2. The van der Waals surface area contributed by atoms with Gasteiger partial charge < -0.3 is 15.2 Å². The van der Waals surface area contributed by atoms with E-state index in [9.17, 15) is 14.7 Å². The summed E-state index contributed by atoms with van der Waals surface area (Å²) < 4.78 is 6.12. The van der Waals surface area contributed by atoms with Gasteiger partial charge in [0.15, 0.2) is 0 Å². The van der Waals surface area contributed by atoms with E-state index < -0.39 is 5.97 Å². The molecule has 0 unspecified atom stereocenters. The maximum atomic E-state index is 12.2. The number of aromatic carboxylic acids is 1. The first kappa shape index (κ1) is 19.7. The second kappa shape index (κ2) is 9.22. The van der Waals surface area contributed by atoms with Gasteiger partial charge >= 0.3 is 5.97 Å². The van der Waals surface area contributed by atoms with Crippen LogP contribution in [-0.4, -0.2) is 23.1 Å². The predicted molar refractivity (Wildman–Crippen MR) is 110 cm³/mol. The fourth-order valence-electron chi connectivity index (χ4n) is 3.40. The number of rotatable bonds is 6. The van der Waals surface area contributed by atoms with Crippen LogP contribution in [0.15, 0.2) is 48.5 Å². The molecule has 0 aromatic heterocycles. The first-order valence-corrected chi connectivity index (χ1v) is 9.61. The standard InChI is InChI=1S/C23H25NO4/c1-16-15-17(11-13-21(16)28-18-7-3-2-4-8-18)12-14-22(25)24-20-10-6-5-9-19(20)23(26)27/h5-6,9-15,18H,2-4,7-8H2,1H3,(H,24,25)(H,26,27)/b14-12+. The van der Waals surface area contributed by atoms with Gasteiger partial charge in [-0.15, -0.1) is 0 Å². The fraction of sp³-hybridized carbons (Fsp3) is 0.304. The Balaban J connectivity index is 1.63. The smallest absolute Gasteiger partial charge is 0.337 e. The monoisotopic (exact) mass is 379 g/mol. The van der Waals surface area contributed by atoms with Crippen LogP contribution in [-0.2, 0) is 4.79 Å². The van der Waals surface area contributed by atoms with E-state index >= 15 is 0 Å². The van der Waals surface area contributed by atoms with Crippen LogP contribution in [0.5, 0.6) is 5.75 Å². The van der Waals surface area contributed by atoms with E-state index in [-0.39, 0.29) is 17.2 Å². The van der Waals surface area contributed by atoms with Gasteiger partial charge in [-0.25, -0.2) is 4.79 Å². The summed E-state index contributed by atoms with van der Waals surface area (Å²) in [4.78, 5) is 23.4. The van der Waals surface area contributed by atoms with Gasteiger partial charge in [0.1, 0.15) is 5.75 Å². The summed E-state index contributed by atoms with van der Waals surface area (Å²) in [5.41, 5.74) is 2.25. The van der Waals surface area contributed by atoms with Crippen molar-refractivity contribution in [2.24, 2.45) is 0 Å². The molecule has 5 heteroatoms. The highest BCUT2D eigenvalue weighted by Gasteiger charge is 2.15. The summed E-state index contributed by atoms with van der Waals surface area (Å²) in [5, 5.41) is 11.8. The lowest BCUT2D eigenvalue weighted by atomic mass is 9.97. The van der Waals surface area contributed by atoms with Crippen LogP contribution in [0, 0.1) is 6.92 Å². The van der Waals surface area contributed by atoms with Crippen LogP contribution in [0.3, 0.4) is 0 Å². The largest absolute Gasteiger partial charge is 0.490 e. The summed E-state index contributed by atoms with van der Waals surface area (Å²) >= 11 is 0. The number of para-hydroxylation sites is 1. The molecule has 146 valence electrons. The number of anilines is 1. The summed E-state index contributed by atoms with van der Waals surface area (Å²) in [7, 11) is 0. The van der Waals surface area contributed by atoms with E-state index in [2.05, 4.69) is 5.32 Å². The second-order valence-electron chi connectivity index (χ2n) is 7.08. The fourth-order valence-corrected chi connectivity index (χ4v) is 3.40. The SMILES string of the molecule is Cc1cc(/C=C/C(=O)Nc2ccccc2C(=O)O)ccc1OC1CCCCC1. The van der Waals surface area contributed by atoms with Crippen molar-refractivity contribution in [3.63, 3.8) is 0 Å². The molecule has 0 spiro atoms. The highest BCUT2D eigenvalue weighted by atomic mass is 16.5. The summed E-state index contributed by atoms with van der Waals surface area (Å²) in [5.74, 6) is -0.568. The van der Waals surface area contributed by atoms with Crippen molar-refractivity contribution in [3.8, 4) is 5.75 Å². The number of carbonyl (C=O) groups excluding carboxylic acids is 1. The van der Waals surface area contributed by atoms with E-state index in [1.807, 2.05) is 25.1 Å².